The Kier molecular flexibility index (Phi) is 4.35. The Balaban J connectivity index is 2.42. The largest absolute Gasteiger partial charge is 0.486 e. The number of fused-ring (bicyclic) bond motifs is 1. The molecule has 1 aromatic rings. The average molecular weight is 293 g/mol. The Labute approximate surface area is 123 Å². The van der Waals surface area contributed by atoms with Crippen LogP contribution in [0.1, 0.15) is 32.4 Å². The zero-order valence-corrected chi connectivity index (χ0v) is 12.3. The maximum absolute atomic E-state index is 11.8. The second-order valence-electron chi connectivity index (χ2n) is 5.16. The molecule has 0 aliphatic carbocycles. The average Bonchev–Trinajstić information content (AvgIpc) is 2.42. The summed E-state index contributed by atoms with van der Waals surface area (Å²) in [5.41, 5.74) is 0.496. The number of hydrogen-bond donors (Lipinski definition) is 1. The van der Waals surface area contributed by atoms with E-state index in [4.69, 9.17) is 9.47 Å². The van der Waals surface area contributed by atoms with Crippen LogP contribution in [0.4, 0.5) is 0 Å². The topological polar surface area (TPSA) is 76.1 Å². The van der Waals surface area contributed by atoms with Crippen LogP contribution in [0.25, 0.3) is 0 Å². The Bertz CT molecular complexity index is 555. The van der Waals surface area contributed by atoms with E-state index in [2.05, 4.69) is 0 Å². The number of carboxylic acids is 1. The fraction of sp³-hybridized carbons (Fsp3) is 0.467. The van der Waals surface area contributed by atoms with Crippen molar-refractivity contribution in [3.63, 3.8) is 0 Å². The van der Waals surface area contributed by atoms with Gasteiger partial charge >= 0.3 is 5.97 Å². The van der Waals surface area contributed by atoms with Gasteiger partial charge in [-0.25, -0.2) is 4.79 Å². The van der Waals surface area contributed by atoms with Crippen LogP contribution >= 0.6 is 0 Å². The molecule has 0 aromatic heterocycles. The van der Waals surface area contributed by atoms with Gasteiger partial charge in [-0.2, -0.15) is 0 Å². The van der Waals surface area contributed by atoms with E-state index < -0.39 is 12.0 Å². The maximum Gasteiger partial charge on any atom is 0.331 e. The minimum absolute atomic E-state index is 0.225. The van der Waals surface area contributed by atoms with Gasteiger partial charge in [0.15, 0.2) is 17.5 Å². The standard InChI is InChI=1S/C15H19NO5/c1-9(2)16(10(3)17)14(15(18)19)11-4-5-12-13(8-11)21-7-6-20-12/h4-5,8-9,14H,6-7H2,1-3H3,(H,18,19). The van der Waals surface area contributed by atoms with Crippen molar-refractivity contribution in [3.8, 4) is 11.5 Å². The summed E-state index contributed by atoms with van der Waals surface area (Å²) in [7, 11) is 0. The van der Waals surface area contributed by atoms with Crippen LogP contribution in [-0.2, 0) is 9.59 Å². The predicted molar refractivity (Wildman–Crippen MR) is 75.5 cm³/mol. The molecule has 0 saturated carbocycles. The van der Waals surface area contributed by atoms with E-state index in [1.54, 1.807) is 32.0 Å². The second-order valence-corrected chi connectivity index (χ2v) is 5.16. The van der Waals surface area contributed by atoms with Crippen molar-refractivity contribution < 1.29 is 24.2 Å². The van der Waals surface area contributed by atoms with Crippen molar-refractivity contribution >= 4 is 11.9 Å². The minimum atomic E-state index is -1.07. The molecular weight excluding hydrogens is 274 g/mol. The van der Waals surface area contributed by atoms with Crippen LogP contribution in [0.5, 0.6) is 11.5 Å². The van der Waals surface area contributed by atoms with Gasteiger partial charge in [-0.05, 0) is 31.5 Å². The molecule has 1 amide bonds. The summed E-state index contributed by atoms with van der Waals surface area (Å²) < 4.78 is 10.9. The highest BCUT2D eigenvalue weighted by molar-refractivity contribution is 5.84. The third-order valence-electron chi connectivity index (χ3n) is 3.31. The van der Waals surface area contributed by atoms with Crippen LogP contribution < -0.4 is 9.47 Å². The highest BCUT2D eigenvalue weighted by atomic mass is 16.6. The molecule has 114 valence electrons. The van der Waals surface area contributed by atoms with Crippen molar-refractivity contribution in [2.45, 2.75) is 32.9 Å². The Morgan fingerprint density at radius 3 is 2.33 bits per heavy atom. The van der Waals surface area contributed by atoms with E-state index in [-0.39, 0.29) is 11.9 Å². The van der Waals surface area contributed by atoms with Crippen LogP contribution in [-0.4, -0.2) is 41.1 Å². The van der Waals surface area contributed by atoms with Crippen molar-refractivity contribution in [2.75, 3.05) is 13.2 Å². The van der Waals surface area contributed by atoms with Gasteiger partial charge in [0, 0.05) is 13.0 Å². The minimum Gasteiger partial charge on any atom is -0.486 e. The second kappa shape index (κ2) is 6.03. The molecule has 6 nitrogen and oxygen atoms in total. The van der Waals surface area contributed by atoms with Gasteiger partial charge in [0.2, 0.25) is 5.91 Å². The van der Waals surface area contributed by atoms with Gasteiger partial charge in [0.1, 0.15) is 13.2 Å². The van der Waals surface area contributed by atoms with Crippen molar-refractivity contribution in [1.82, 2.24) is 4.90 Å². The molecule has 0 saturated heterocycles. The first-order valence-corrected chi connectivity index (χ1v) is 6.83. The number of benzene rings is 1. The van der Waals surface area contributed by atoms with Crippen molar-refractivity contribution in [2.24, 2.45) is 0 Å². The fourth-order valence-electron chi connectivity index (χ4n) is 2.50. The summed E-state index contributed by atoms with van der Waals surface area (Å²) in [6.07, 6.45) is 0. The SMILES string of the molecule is CC(=O)N(C(C)C)C(C(=O)O)c1ccc2c(c1)OCCO2. The molecule has 0 spiro atoms. The normalized spacial score (nSPS) is 14.7. The molecule has 0 radical (unpaired) electrons. The molecule has 0 fully saturated rings. The number of nitrogens with zero attached hydrogens (tertiary/aromatic N) is 1. The Hall–Kier alpha value is -2.24. The quantitative estimate of drug-likeness (QED) is 0.916. The van der Waals surface area contributed by atoms with E-state index in [1.165, 1.54) is 11.8 Å². The molecule has 1 heterocycles. The molecule has 0 bridgehead atoms. The molecule has 1 atom stereocenters. The lowest BCUT2D eigenvalue weighted by Crippen LogP contribution is -2.42. The lowest BCUT2D eigenvalue weighted by atomic mass is 10.0. The summed E-state index contributed by atoms with van der Waals surface area (Å²) in [6.45, 7) is 5.84. The van der Waals surface area contributed by atoms with E-state index in [0.717, 1.165) is 0 Å². The number of carbonyl (C=O) groups excluding carboxylic acids is 1. The Morgan fingerprint density at radius 2 is 1.81 bits per heavy atom. The highest BCUT2D eigenvalue weighted by Gasteiger charge is 2.32. The third-order valence-corrected chi connectivity index (χ3v) is 3.31. The monoisotopic (exact) mass is 293 g/mol. The van der Waals surface area contributed by atoms with Crippen LogP contribution in [0.2, 0.25) is 0 Å². The van der Waals surface area contributed by atoms with Crippen molar-refractivity contribution in [1.29, 1.82) is 0 Å². The third kappa shape index (κ3) is 3.09. The van der Waals surface area contributed by atoms with E-state index >= 15 is 0 Å². The fourth-order valence-corrected chi connectivity index (χ4v) is 2.50. The summed E-state index contributed by atoms with van der Waals surface area (Å²) in [4.78, 5) is 24.8. The number of carboxylic acid groups (broad SMARTS) is 1. The molecule has 2 rings (SSSR count). The van der Waals surface area contributed by atoms with E-state index in [9.17, 15) is 14.7 Å². The first-order valence-electron chi connectivity index (χ1n) is 6.83. The van der Waals surface area contributed by atoms with Gasteiger partial charge in [-0.3, -0.25) is 4.79 Å². The summed E-state index contributed by atoms with van der Waals surface area (Å²) in [5.74, 6) is -0.256. The molecule has 1 aliphatic heterocycles. The van der Waals surface area contributed by atoms with E-state index in [1.807, 2.05) is 0 Å². The number of carbonyl (C=O) groups is 2. The molecule has 1 N–H and O–H groups in total. The zero-order valence-electron chi connectivity index (χ0n) is 12.3. The number of rotatable bonds is 4. The summed E-state index contributed by atoms with van der Waals surface area (Å²) in [5, 5.41) is 9.53. The summed E-state index contributed by atoms with van der Waals surface area (Å²) >= 11 is 0. The molecule has 6 heteroatoms. The van der Waals surface area contributed by atoms with Gasteiger partial charge < -0.3 is 19.5 Å². The number of ether oxygens (including phenoxy) is 2. The number of aliphatic carboxylic acids is 1. The molecule has 1 unspecified atom stereocenters. The number of amides is 1. The molecule has 21 heavy (non-hydrogen) atoms. The maximum atomic E-state index is 11.8. The van der Waals surface area contributed by atoms with Gasteiger partial charge in [0.05, 0.1) is 0 Å². The van der Waals surface area contributed by atoms with Crippen LogP contribution in [0.15, 0.2) is 18.2 Å². The van der Waals surface area contributed by atoms with Gasteiger partial charge in [0.25, 0.3) is 0 Å². The highest BCUT2D eigenvalue weighted by Crippen LogP contribution is 2.34. The van der Waals surface area contributed by atoms with Crippen LogP contribution in [0.3, 0.4) is 0 Å². The lowest BCUT2D eigenvalue weighted by Gasteiger charge is -2.32. The van der Waals surface area contributed by atoms with Crippen molar-refractivity contribution in [3.05, 3.63) is 23.8 Å². The zero-order chi connectivity index (χ0) is 15.6. The smallest absolute Gasteiger partial charge is 0.331 e. The molecule has 1 aromatic carbocycles. The van der Waals surface area contributed by atoms with Crippen LogP contribution in [0, 0.1) is 0 Å². The van der Waals surface area contributed by atoms with Gasteiger partial charge in [-0.15, -0.1) is 0 Å². The first kappa shape index (κ1) is 15.2. The lowest BCUT2D eigenvalue weighted by molar-refractivity contribution is -0.151. The Morgan fingerprint density at radius 1 is 1.19 bits per heavy atom. The molecule has 1 aliphatic rings. The predicted octanol–water partition coefficient (Wildman–Crippen LogP) is 1.84. The van der Waals surface area contributed by atoms with Gasteiger partial charge in [-0.1, -0.05) is 6.07 Å². The first-order chi connectivity index (χ1) is 9.91. The van der Waals surface area contributed by atoms with E-state index in [0.29, 0.717) is 30.3 Å². The molecular formula is C15H19NO5. The summed E-state index contributed by atoms with van der Waals surface area (Å²) in [6, 6.07) is 3.70. The number of hydrogen-bond acceptors (Lipinski definition) is 4.